The summed E-state index contributed by atoms with van der Waals surface area (Å²) in [6, 6.07) is 1.21. The van der Waals surface area contributed by atoms with Crippen LogP contribution in [0.3, 0.4) is 0 Å². The van der Waals surface area contributed by atoms with E-state index in [9.17, 15) is 19.8 Å². The molecule has 1 aliphatic rings. The zero-order valence-corrected chi connectivity index (χ0v) is 12.5. The topological polar surface area (TPSA) is 131 Å². The number of aliphatic hydroxyl groups is 2. The number of nitrogens with zero attached hydrogens (tertiary/aromatic N) is 1. The molecule has 0 aliphatic carbocycles. The fourth-order valence-corrected chi connectivity index (χ4v) is 2.67. The maximum absolute atomic E-state index is 12.1. The smallest absolute Gasteiger partial charge is 0.330 e. The molecule has 8 nitrogen and oxygen atoms in total. The summed E-state index contributed by atoms with van der Waals surface area (Å²) < 4.78 is 6.73. The molecule has 5 N–H and O–H groups in total. The van der Waals surface area contributed by atoms with Gasteiger partial charge in [0, 0.05) is 11.8 Å². The lowest BCUT2D eigenvalue weighted by Gasteiger charge is -2.29. The van der Waals surface area contributed by atoms with Gasteiger partial charge in [-0.05, 0) is 20.8 Å². The fraction of sp³-hybridized carbons (Fsp3) is 0.571. The number of aryl methyl sites for hydroxylation is 1. The van der Waals surface area contributed by atoms with Crippen LogP contribution in [0.25, 0.3) is 0 Å². The molecule has 1 fully saturated rings. The molecule has 0 spiro atoms. The molecule has 0 saturated carbocycles. The van der Waals surface area contributed by atoms with Gasteiger partial charge < -0.3 is 20.7 Å². The Balaban J connectivity index is 2.64. The molecule has 8 heteroatoms. The Labute approximate surface area is 126 Å². The molecule has 120 valence electrons. The van der Waals surface area contributed by atoms with E-state index in [2.05, 4.69) is 16.8 Å². The number of ether oxygens (including phenoxy) is 1. The van der Waals surface area contributed by atoms with E-state index in [0.29, 0.717) is 5.69 Å². The molecule has 1 aliphatic heterocycles. The van der Waals surface area contributed by atoms with Crippen LogP contribution in [-0.4, -0.2) is 43.6 Å². The molecule has 1 saturated heterocycles. The maximum atomic E-state index is 12.1. The van der Waals surface area contributed by atoms with Crippen molar-refractivity contribution < 1.29 is 14.9 Å². The van der Waals surface area contributed by atoms with Gasteiger partial charge in [0.15, 0.2) is 11.8 Å². The van der Waals surface area contributed by atoms with Crippen molar-refractivity contribution in [3.8, 4) is 11.8 Å². The first kappa shape index (κ1) is 16.5. The molecule has 0 radical (unpaired) electrons. The third kappa shape index (κ3) is 2.48. The van der Waals surface area contributed by atoms with Gasteiger partial charge in [-0.15, -0.1) is 5.92 Å². The fourth-order valence-electron chi connectivity index (χ4n) is 2.67. The molecule has 2 rings (SSSR count). The summed E-state index contributed by atoms with van der Waals surface area (Å²) in [6.07, 6.45) is -4.46. The number of H-pyrrole nitrogens is 1. The summed E-state index contributed by atoms with van der Waals surface area (Å²) in [6.45, 7) is 4.52. The maximum Gasteiger partial charge on any atom is 0.330 e. The molecule has 0 aromatic carbocycles. The van der Waals surface area contributed by atoms with E-state index in [0.717, 1.165) is 4.57 Å². The predicted octanol–water partition coefficient (Wildman–Crippen LogP) is -1.80. The van der Waals surface area contributed by atoms with Crippen molar-refractivity contribution in [1.82, 2.24) is 9.55 Å². The van der Waals surface area contributed by atoms with Gasteiger partial charge in [-0.25, -0.2) is 4.79 Å². The average molecular weight is 309 g/mol. The van der Waals surface area contributed by atoms with Gasteiger partial charge in [-0.3, -0.25) is 14.3 Å². The quantitative estimate of drug-likeness (QED) is 0.477. The van der Waals surface area contributed by atoms with Crippen LogP contribution in [0, 0.1) is 18.8 Å². The van der Waals surface area contributed by atoms with E-state index in [-0.39, 0.29) is 0 Å². The first-order valence-corrected chi connectivity index (χ1v) is 6.79. The minimum Gasteiger partial charge on any atom is -0.391 e. The van der Waals surface area contributed by atoms with E-state index in [4.69, 9.17) is 10.5 Å². The molecule has 1 aromatic heterocycles. The predicted molar refractivity (Wildman–Crippen MR) is 78.0 cm³/mol. The second-order valence-corrected chi connectivity index (χ2v) is 5.40. The summed E-state index contributed by atoms with van der Waals surface area (Å²) >= 11 is 0. The molecule has 0 bridgehead atoms. The van der Waals surface area contributed by atoms with E-state index >= 15 is 0 Å². The second-order valence-electron chi connectivity index (χ2n) is 5.40. The zero-order valence-electron chi connectivity index (χ0n) is 12.5. The number of nitrogens with one attached hydrogen (secondary N) is 1. The van der Waals surface area contributed by atoms with Crippen LogP contribution in [0.5, 0.6) is 0 Å². The third-order valence-corrected chi connectivity index (χ3v) is 3.72. The number of nitrogens with two attached hydrogens (primary N) is 1. The van der Waals surface area contributed by atoms with Crippen molar-refractivity contribution in [2.45, 2.75) is 50.8 Å². The Morgan fingerprint density at radius 2 is 2.18 bits per heavy atom. The van der Waals surface area contributed by atoms with Gasteiger partial charge in [0.05, 0.1) is 6.10 Å². The van der Waals surface area contributed by atoms with Crippen molar-refractivity contribution in [3.05, 3.63) is 32.6 Å². The molecule has 0 amide bonds. The highest BCUT2D eigenvalue weighted by Crippen LogP contribution is 2.37. The SMILES string of the molecule is CC#CC1(N)C(O)[C@@H]([C@H](C)O)O[C@H]1n1c(C)cc(=O)[nH]c1=O. The summed E-state index contributed by atoms with van der Waals surface area (Å²) in [4.78, 5) is 25.6. The minimum atomic E-state index is -1.59. The van der Waals surface area contributed by atoms with Crippen molar-refractivity contribution in [3.63, 3.8) is 0 Å². The first-order valence-electron chi connectivity index (χ1n) is 6.79. The van der Waals surface area contributed by atoms with Crippen LogP contribution in [0.4, 0.5) is 0 Å². The van der Waals surface area contributed by atoms with E-state index in [1.54, 1.807) is 6.92 Å². The van der Waals surface area contributed by atoms with Gasteiger partial charge in [-0.1, -0.05) is 5.92 Å². The lowest BCUT2D eigenvalue weighted by atomic mass is 9.90. The number of hydrogen-bond acceptors (Lipinski definition) is 6. The van der Waals surface area contributed by atoms with Crippen molar-refractivity contribution >= 4 is 0 Å². The lowest BCUT2D eigenvalue weighted by Crippen LogP contribution is -2.56. The van der Waals surface area contributed by atoms with Crippen LogP contribution in [0.15, 0.2) is 15.7 Å². The molecular formula is C14H19N3O5. The highest BCUT2D eigenvalue weighted by atomic mass is 16.5. The molecule has 22 heavy (non-hydrogen) atoms. The van der Waals surface area contributed by atoms with Crippen LogP contribution < -0.4 is 17.0 Å². The first-order chi connectivity index (χ1) is 10.2. The Morgan fingerprint density at radius 1 is 1.55 bits per heavy atom. The second kappa shape index (κ2) is 5.70. The normalized spacial score (nSPS) is 32.4. The van der Waals surface area contributed by atoms with Crippen LogP contribution >= 0.6 is 0 Å². The summed E-state index contributed by atoms with van der Waals surface area (Å²) in [5.41, 5.74) is 3.63. The number of aliphatic hydroxyl groups excluding tert-OH is 2. The Hall–Kier alpha value is -1.92. The van der Waals surface area contributed by atoms with Gasteiger partial charge in [-0.2, -0.15) is 0 Å². The lowest BCUT2D eigenvalue weighted by molar-refractivity contribution is -0.0784. The number of hydrogen-bond donors (Lipinski definition) is 4. The largest absolute Gasteiger partial charge is 0.391 e. The van der Waals surface area contributed by atoms with Gasteiger partial charge in [0.2, 0.25) is 0 Å². The molecule has 5 atom stereocenters. The Kier molecular flexibility index (Phi) is 4.26. The van der Waals surface area contributed by atoms with Crippen molar-refractivity contribution in [1.29, 1.82) is 0 Å². The number of rotatable bonds is 2. The summed E-state index contributed by atoms with van der Waals surface area (Å²) in [5, 5.41) is 20.1. The standard InChI is InChI=1S/C14H19N3O5/c1-4-5-14(15)11(20)10(8(3)18)22-12(14)17-7(2)6-9(19)16-13(17)21/h6,8,10-12,18,20H,15H2,1-3H3,(H,16,19,21)/t8-,10+,11?,12+,14?/m0/s1. The van der Waals surface area contributed by atoms with E-state index < -0.39 is 41.3 Å². The third-order valence-electron chi connectivity index (χ3n) is 3.72. The van der Waals surface area contributed by atoms with Gasteiger partial charge >= 0.3 is 5.69 Å². The van der Waals surface area contributed by atoms with Gasteiger partial charge in [0.1, 0.15) is 12.2 Å². The van der Waals surface area contributed by atoms with Crippen molar-refractivity contribution in [2.75, 3.05) is 0 Å². The van der Waals surface area contributed by atoms with E-state index in [1.165, 1.54) is 19.9 Å². The molecule has 1 aromatic rings. The number of aromatic amines is 1. The van der Waals surface area contributed by atoms with Crippen LogP contribution in [0.1, 0.15) is 25.8 Å². The highest BCUT2D eigenvalue weighted by molar-refractivity contribution is 5.26. The Bertz CT molecular complexity index is 741. The van der Waals surface area contributed by atoms with Gasteiger partial charge in [0.25, 0.3) is 5.56 Å². The summed E-state index contributed by atoms with van der Waals surface area (Å²) in [5.74, 6) is 5.27. The monoisotopic (exact) mass is 309 g/mol. The van der Waals surface area contributed by atoms with Crippen LogP contribution in [0.2, 0.25) is 0 Å². The minimum absolute atomic E-state index is 0.310. The van der Waals surface area contributed by atoms with Crippen LogP contribution in [-0.2, 0) is 4.74 Å². The summed E-state index contributed by atoms with van der Waals surface area (Å²) in [7, 11) is 0. The molecular weight excluding hydrogens is 290 g/mol. The van der Waals surface area contributed by atoms with E-state index in [1.807, 2.05) is 0 Å². The zero-order chi connectivity index (χ0) is 16.7. The Morgan fingerprint density at radius 3 is 2.68 bits per heavy atom. The number of aromatic nitrogens is 2. The molecule has 2 heterocycles. The average Bonchev–Trinajstić information content (AvgIpc) is 2.63. The highest BCUT2D eigenvalue weighted by Gasteiger charge is 2.56. The molecule has 2 unspecified atom stereocenters. The van der Waals surface area contributed by atoms with Crippen molar-refractivity contribution in [2.24, 2.45) is 5.73 Å².